The first-order valence-electron chi connectivity index (χ1n) is 14.5. The smallest absolute Gasteiger partial charge is 0.0947 e. The lowest BCUT2D eigenvalue weighted by molar-refractivity contribution is 1.34. The number of hydrogen-bond donors (Lipinski definition) is 1. The van der Waals surface area contributed by atoms with Crippen molar-refractivity contribution in [2.45, 2.75) is 12.8 Å². The van der Waals surface area contributed by atoms with Crippen molar-refractivity contribution in [1.29, 1.82) is 0 Å². The van der Waals surface area contributed by atoms with Crippen LogP contribution in [0, 0.1) is 0 Å². The van der Waals surface area contributed by atoms with Crippen LogP contribution in [0.2, 0.25) is 0 Å². The van der Waals surface area contributed by atoms with Crippen molar-refractivity contribution < 1.29 is 0 Å². The first-order valence-corrected chi connectivity index (χ1v) is 15.8. The van der Waals surface area contributed by atoms with Gasteiger partial charge in [-0.3, -0.25) is 4.99 Å². The van der Waals surface area contributed by atoms with Crippen molar-refractivity contribution in [2.24, 2.45) is 10.7 Å². The predicted molar refractivity (Wildman–Crippen MR) is 182 cm³/mol. The molecule has 0 amide bonds. The van der Waals surface area contributed by atoms with E-state index in [1.165, 1.54) is 48.9 Å². The fourth-order valence-electron chi connectivity index (χ4n) is 6.42. The molecule has 0 bridgehead atoms. The maximum absolute atomic E-state index is 6.60. The van der Waals surface area contributed by atoms with E-state index in [2.05, 4.69) is 140 Å². The second kappa shape index (κ2) is 10.2. The van der Waals surface area contributed by atoms with Gasteiger partial charge in [-0.1, -0.05) is 133 Å². The van der Waals surface area contributed by atoms with Gasteiger partial charge < -0.3 is 5.73 Å². The first-order chi connectivity index (χ1) is 20.7. The molecule has 5 aromatic carbocycles. The molecule has 3 aliphatic carbocycles. The maximum atomic E-state index is 6.60. The summed E-state index contributed by atoms with van der Waals surface area (Å²) in [4.78, 5) is 5.05. The van der Waals surface area contributed by atoms with Gasteiger partial charge in [-0.25, -0.2) is 0 Å². The van der Waals surface area contributed by atoms with Crippen LogP contribution in [0.25, 0.3) is 33.8 Å². The number of benzene rings is 5. The number of nitrogens with zero attached hydrogens (tertiary/aromatic N) is 1. The van der Waals surface area contributed by atoms with E-state index in [-0.39, 0.29) is 0 Å². The molecule has 0 saturated heterocycles. The lowest BCUT2D eigenvalue weighted by Gasteiger charge is -2.22. The molecule has 8 rings (SSSR count). The van der Waals surface area contributed by atoms with Gasteiger partial charge in [0.2, 0.25) is 0 Å². The molecule has 0 radical (unpaired) electrons. The number of allylic oxidation sites excluding steroid dienone is 5. The van der Waals surface area contributed by atoms with Gasteiger partial charge in [0.1, 0.15) is 0 Å². The Balaban J connectivity index is 1.08. The number of hydrogen-bond acceptors (Lipinski definition) is 2. The second-order valence-electron chi connectivity index (χ2n) is 10.9. The van der Waals surface area contributed by atoms with E-state index in [0.717, 1.165) is 41.1 Å². The summed E-state index contributed by atoms with van der Waals surface area (Å²) in [6, 6.07) is 39.6. The Hall–Kier alpha value is -4.78. The van der Waals surface area contributed by atoms with Crippen LogP contribution in [0.5, 0.6) is 0 Å². The molecule has 42 heavy (non-hydrogen) atoms. The Morgan fingerprint density at radius 1 is 0.643 bits per heavy atom. The van der Waals surface area contributed by atoms with Crippen LogP contribution in [0.4, 0.5) is 0 Å². The predicted octanol–water partition coefficient (Wildman–Crippen LogP) is 7.75. The fraction of sp³-hybridized carbons (Fsp3) is 0.0513. The third-order valence-electron chi connectivity index (χ3n) is 8.47. The maximum Gasteiger partial charge on any atom is 0.0947 e. The Labute approximate surface area is 247 Å². The average Bonchev–Trinajstić information content (AvgIpc) is 3.64. The van der Waals surface area contributed by atoms with Crippen LogP contribution < -0.4 is 21.6 Å². The molecule has 200 valence electrons. The molecule has 0 heterocycles. The third kappa shape index (κ3) is 4.19. The Morgan fingerprint density at radius 2 is 1.40 bits per heavy atom. The molecule has 0 aromatic heterocycles. The highest BCUT2D eigenvalue weighted by Crippen LogP contribution is 2.41. The number of nitrogens with two attached hydrogens (primary N) is 1. The zero-order chi connectivity index (χ0) is 28.0. The SMILES string of the molecule is NC1=C(N=C2C=CC(c3ccc(P(c4ccccc4)c4cccc5c4CC=C5)cc3)=CC2)c2cccc3cccc1c23. The zero-order valence-corrected chi connectivity index (χ0v) is 24.1. The molecule has 1 atom stereocenters. The lowest BCUT2D eigenvalue weighted by Crippen LogP contribution is -2.23. The molecule has 2 N–H and O–H groups in total. The van der Waals surface area contributed by atoms with Crippen LogP contribution in [-0.4, -0.2) is 5.71 Å². The molecular formula is C39H29N2P. The van der Waals surface area contributed by atoms with Crippen molar-refractivity contribution in [2.75, 3.05) is 0 Å². The highest BCUT2D eigenvalue weighted by molar-refractivity contribution is 7.79. The molecular weight excluding hydrogens is 527 g/mol. The molecule has 1 unspecified atom stereocenters. The molecule has 5 aromatic rings. The van der Waals surface area contributed by atoms with E-state index in [4.69, 9.17) is 10.7 Å². The highest BCUT2D eigenvalue weighted by atomic mass is 31.1. The summed E-state index contributed by atoms with van der Waals surface area (Å²) in [6.07, 6.45) is 12.9. The lowest BCUT2D eigenvalue weighted by atomic mass is 9.98. The molecule has 0 fully saturated rings. The Bertz CT molecular complexity index is 2020. The number of aliphatic imine (C=N–C) groups is 1. The Morgan fingerprint density at radius 3 is 2.19 bits per heavy atom. The van der Waals surface area contributed by atoms with Gasteiger partial charge in [-0.2, -0.15) is 0 Å². The van der Waals surface area contributed by atoms with Gasteiger partial charge >= 0.3 is 0 Å². The van der Waals surface area contributed by atoms with Crippen molar-refractivity contribution in [1.82, 2.24) is 0 Å². The van der Waals surface area contributed by atoms with Gasteiger partial charge in [0.15, 0.2) is 0 Å². The largest absolute Gasteiger partial charge is 0.396 e. The van der Waals surface area contributed by atoms with E-state index < -0.39 is 7.92 Å². The summed E-state index contributed by atoms with van der Waals surface area (Å²) >= 11 is 0. The summed E-state index contributed by atoms with van der Waals surface area (Å²) in [5.74, 6) is 0. The van der Waals surface area contributed by atoms with Crippen molar-refractivity contribution in [3.8, 4) is 0 Å². The summed E-state index contributed by atoms with van der Waals surface area (Å²) in [7, 11) is -0.645. The van der Waals surface area contributed by atoms with E-state index in [1.807, 2.05) is 0 Å². The van der Waals surface area contributed by atoms with Crippen LogP contribution in [0.15, 0.2) is 138 Å². The second-order valence-corrected chi connectivity index (χ2v) is 13.1. The summed E-state index contributed by atoms with van der Waals surface area (Å²) < 4.78 is 0. The minimum absolute atomic E-state index is 0.645. The van der Waals surface area contributed by atoms with Crippen LogP contribution in [0.3, 0.4) is 0 Å². The van der Waals surface area contributed by atoms with E-state index >= 15 is 0 Å². The van der Waals surface area contributed by atoms with Crippen molar-refractivity contribution in [3.63, 3.8) is 0 Å². The van der Waals surface area contributed by atoms with Gasteiger partial charge in [0.25, 0.3) is 0 Å². The minimum atomic E-state index is -0.645. The van der Waals surface area contributed by atoms with Crippen LogP contribution in [-0.2, 0) is 6.42 Å². The van der Waals surface area contributed by atoms with Crippen molar-refractivity contribution in [3.05, 3.63) is 161 Å². The zero-order valence-electron chi connectivity index (χ0n) is 23.2. The molecule has 3 heteroatoms. The summed E-state index contributed by atoms with van der Waals surface area (Å²) in [6.45, 7) is 0. The highest BCUT2D eigenvalue weighted by Gasteiger charge is 2.23. The van der Waals surface area contributed by atoms with Gasteiger partial charge in [0.05, 0.1) is 11.4 Å². The molecule has 0 saturated carbocycles. The van der Waals surface area contributed by atoms with Crippen LogP contribution >= 0.6 is 7.92 Å². The standard InChI is InChI=1S/C39H29N2P/c40-38-34-15-5-10-29-11-6-16-35(37(29)34)39(38)41-30-22-18-26(19-23-30)27-20-24-32(25-21-27)42(31-12-2-1-3-13-31)36-17-7-9-28-8-4-14-33(28)36/h1-13,15-22,24-25H,14,23,40H2. The fourth-order valence-corrected chi connectivity index (χ4v) is 8.92. The topological polar surface area (TPSA) is 38.4 Å². The normalized spacial score (nSPS) is 16.8. The molecule has 2 nitrogen and oxygen atoms in total. The first kappa shape index (κ1) is 25.0. The molecule has 0 spiro atoms. The summed E-state index contributed by atoms with van der Waals surface area (Å²) in [5, 5.41) is 6.64. The monoisotopic (exact) mass is 556 g/mol. The average molecular weight is 557 g/mol. The molecule has 3 aliphatic rings. The van der Waals surface area contributed by atoms with Gasteiger partial charge in [-0.15, -0.1) is 0 Å². The third-order valence-corrected chi connectivity index (χ3v) is 11.0. The minimum Gasteiger partial charge on any atom is -0.396 e. The Kier molecular flexibility index (Phi) is 6.09. The number of rotatable bonds is 5. The number of fused-ring (bicyclic) bond motifs is 1. The van der Waals surface area contributed by atoms with E-state index in [9.17, 15) is 0 Å². The van der Waals surface area contributed by atoms with Gasteiger partial charge in [0, 0.05) is 28.6 Å². The quantitative estimate of drug-likeness (QED) is 0.221. The van der Waals surface area contributed by atoms with Crippen LogP contribution in [0.1, 0.15) is 34.2 Å². The van der Waals surface area contributed by atoms with Crippen molar-refractivity contribution >= 4 is 63.4 Å². The van der Waals surface area contributed by atoms with E-state index in [0.29, 0.717) is 0 Å². The molecule has 0 aliphatic heterocycles. The van der Waals surface area contributed by atoms with Gasteiger partial charge in [-0.05, 0) is 64.0 Å². The summed E-state index contributed by atoms with van der Waals surface area (Å²) in [5.41, 5.74) is 16.8. The van der Waals surface area contributed by atoms with E-state index in [1.54, 1.807) is 0 Å².